The number of rotatable bonds is 4. The molecule has 1 saturated carbocycles. The second-order valence-corrected chi connectivity index (χ2v) is 4.81. The highest BCUT2D eigenvalue weighted by Gasteiger charge is 2.19. The van der Waals surface area contributed by atoms with Crippen LogP contribution in [0.1, 0.15) is 38.5 Å². The number of hydrogen-bond acceptors (Lipinski definition) is 3. The van der Waals surface area contributed by atoms with E-state index in [0.29, 0.717) is 6.04 Å². The van der Waals surface area contributed by atoms with Crippen molar-refractivity contribution >= 4 is 5.91 Å². The molecule has 0 bridgehead atoms. The molecule has 2 aliphatic rings. The average molecular weight is 226 g/mol. The first-order valence-electron chi connectivity index (χ1n) is 6.46. The molecule has 4 nitrogen and oxygen atoms in total. The van der Waals surface area contributed by atoms with E-state index in [2.05, 4.69) is 10.6 Å². The zero-order valence-electron chi connectivity index (χ0n) is 9.84. The molecule has 2 fully saturated rings. The fourth-order valence-electron chi connectivity index (χ4n) is 2.50. The van der Waals surface area contributed by atoms with Crippen molar-refractivity contribution in [2.75, 3.05) is 19.7 Å². The van der Waals surface area contributed by atoms with Crippen molar-refractivity contribution in [2.24, 2.45) is 0 Å². The second-order valence-electron chi connectivity index (χ2n) is 4.81. The fraction of sp³-hybridized carbons (Fsp3) is 0.917. The number of nitrogens with one attached hydrogen (secondary N) is 2. The van der Waals surface area contributed by atoms with Crippen molar-refractivity contribution in [2.45, 2.75) is 50.7 Å². The summed E-state index contributed by atoms with van der Waals surface area (Å²) in [5.74, 6) is 0.0606. The van der Waals surface area contributed by atoms with Gasteiger partial charge in [-0.15, -0.1) is 0 Å². The summed E-state index contributed by atoms with van der Waals surface area (Å²) in [6.07, 6.45) is 7.10. The van der Waals surface area contributed by atoms with Crippen molar-refractivity contribution in [1.29, 1.82) is 0 Å². The van der Waals surface area contributed by atoms with E-state index in [-0.39, 0.29) is 18.6 Å². The van der Waals surface area contributed by atoms with Gasteiger partial charge in [0.1, 0.15) is 6.61 Å². The SMILES string of the molecule is O=C(COC1CCNCC1)NC1CCCC1. The van der Waals surface area contributed by atoms with Crippen molar-refractivity contribution in [1.82, 2.24) is 10.6 Å². The molecule has 4 heteroatoms. The Morgan fingerprint density at radius 2 is 1.88 bits per heavy atom. The highest BCUT2D eigenvalue weighted by atomic mass is 16.5. The highest BCUT2D eigenvalue weighted by molar-refractivity contribution is 5.77. The van der Waals surface area contributed by atoms with Gasteiger partial charge in [-0.3, -0.25) is 4.79 Å². The molecule has 0 atom stereocenters. The molecule has 1 saturated heterocycles. The molecule has 1 aliphatic heterocycles. The van der Waals surface area contributed by atoms with Crippen LogP contribution in [0.25, 0.3) is 0 Å². The van der Waals surface area contributed by atoms with Crippen LogP contribution < -0.4 is 10.6 Å². The molecule has 1 aliphatic carbocycles. The molecule has 1 heterocycles. The van der Waals surface area contributed by atoms with E-state index in [1.807, 2.05) is 0 Å². The molecule has 0 aromatic carbocycles. The minimum atomic E-state index is 0.0606. The molecule has 0 spiro atoms. The van der Waals surface area contributed by atoms with Crippen molar-refractivity contribution < 1.29 is 9.53 Å². The zero-order valence-corrected chi connectivity index (χ0v) is 9.84. The Morgan fingerprint density at radius 1 is 1.19 bits per heavy atom. The van der Waals surface area contributed by atoms with Crippen LogP contribution in [-0.4, -0.2) is 37.7 Å². The first kappa shape index (κ1) is 11.9. The van der Waals surface area contributed by atoms with E-state index >= 15 is 0 Å². The van der Waals surface area contributed by atoms with Crippen LogP contribution in [0.2, 0.25) is 0 Å². The van der Waals surface area contributed by atoms with Crippen molar-refractivity contribution in [3.05, 3.63) is 0 Å². The summed E-state index contributed by atoms with van der Waals surface area (Å²) in [7, 11) is 0. The van der Waals surface area contributed by atoms with Crippen LogP contribution >= 0.6 is 0 Å². The van der Waals surface area contributed by atoms with E-state index in [1.165, 1.54) is 12.8 Å². The number of carbonyl (C=O) groups is 1. The minimum Gasteiger partial charge on any atom is -0.368 e. The molecule has 0 unspecified atom stereocenters. The maximum atomic E-state index is 11.6. The summed E-state index contributed by atoms with van der Waals surface area (Å²) >= 11 is 0. The molecular weight excluding hydrogens is 204 g/mol. The van der Waals surface area contributed by atoms with Crippen LogP contribution in [0.5, 0.6) is 0 Å². The van der Waals surface area contributed by atoms with Crippen LogP contribution in [-0.2, 0) is 9.53 Å². The van der Waals surface area contributed by atoms with E-state index in [1.54, 1.807) is 0 Å². The molecule has 1 amide bonds. The van der Waals surface area contributed by atoms with Crippen molar-refractivity contribution in [3.63, 3.8) is 0 Å². The third-order valence-corrected chi connectivity index (χ3v) is 3.46. The molecule has 16 heavy (non-hydrogen) atoms. The van der Waals surface area contributed by atoms with Crippen LogP contribution in [0.4, 0.5) is 0 Å². The van der Waals surface area contributed by atoms with Gasteiger partial charge in [0.15, 0.2) is 0 Å². The third kappa shape index (κ3) is 3.76. The quantitative estimate of drug-likeness (QED) is 0.746. The number of piperidine rings is 1. The normalized spacial score (nSPS) is 23.5. The summed E-state index contributed by atoms with van der Waals surface area (Å²) in [6.45, 7) is 2.25. The Kier molecular flexibility index (Phi) is 4.60. The van der Waals surface area contributed by atoms with Crippen molar-refractivity contribution in [3.8, 4) is 0 Å². The number of ether oxygens (including phenoxy) is 1. The van der Waals surface area contributed by atoms with E-state index in [4.69, 9.17) is 4.74 Å². The van der Waals surface area contributed by atoms with E-state index in [0.717, 1.165) is 38.8 Å². The molecule has 0 radical (unpaired) electrons. The molecule has 0 aromatic rings. The number of hydrogen-bond donors (Lipinski definition) is 2. The highest BCUT2D eigenvalue weighted by Crippen LogP contribution is 2.17. The number of carbonyl (C=O) groups excluding carboxylic acids is 1. The Labute approximate surface area is 97.1 Å². The van der Waals surface area contributed by atoms with Gasteiger partial charge in [0.05, 0.1) is 6.10 Å². The van der Waals surface area contributed by atoms with Gasteiger partial charge in [0.2, 0.25) is 5.91 Å². The average Bonchev–Trinajstić information content (AvgIpc) is 2.81. The summed E-state index contributed by atoms with van der Waals surface area (Å²) in [6, 6.07) is 0.407. The Morgan fingerprint density at radius 3 is 2.56 bits per heavy atom. The predicted molar refractivity (Wildman–Crippen MR) is 62.2 cm³/mol. The van der Waals surface area contributed by atoms with Gasteiger partial charge in [-0.05, 0) is 38.8 Å². The zero-order chi connectivity index (χ0) is 11.2. The first-order chi connectivity index (χ1) is 7.84. The summed E-state index contributed by atoms with van der Waals surface area (Å²) in [5.41, 5.74) is 0. The minimum absolute atomic E-state index is 0.0606. The molecule has 2 N–H and O–H groups in total. The van der Waals surface area contributed by atoms with E-state index in [9.17, 15) is 4.79 Å². The topological polar surface area (TPSA) is 50.4 Å². The first-order valence-corrected chi connectivity index (χ1v) is 6.46. The Balaban J connectivity index is 1.59. The molecule has 0 aromatic heterocycles. The smallest absolute Gasteiger partial charge is 0.246 e. The second kappa shape index (κ2) is 6.21. The van der Waals surface area contributed by atoms with Crippen LogP contribution in [0.3, 0.4) is 0 Å². The Hall–Kier alpha value is -0.610. The fourth-order valence-corrected chi connectivity index (χ4v) is 2.50. The van der Waals surface area contributed by atoms with Gasteiger partial charge in [-0.25, -0.2) is 0 Å². The summed E-state index contributed by atoms with van der Waals surface area (Å²) in [4.78, 5) is 11.6. The maximum absolute atomic E-state index is 11.6. The van der Waals surface area contributed by atoms with Gasteiger partial charge in [-0.2, -0.15) is 0 Å². The lowest BCUT2D eigenvalue weighted by Gasteiger charge is -2.23. The van der Waals surface area contributed by atoms with Crippen LogP contribution in [0.15, 0.2) is 0 Å². The third-order valence-electron chi connectivity index (χ3n) is 3.46. The largest absolute Gasteiger partial charge is 0.368 e. The lowest BCUT2D eigenvalue weighted by atomic mass is 10.1. The molecule has 92 valence electrons. The standard InChI is InChI=1S/C12H22N2O2/c15-12(14-10-3-1-2-4-10)9-16-11-5-7-13-8-6-11/h10-11,13H,1-9H2,(H,14,15). The summed E-state index contributed by atoms with van der Waals surface area (Å²) in [5, 5.41) is 6.32. The van der Waals surface area contributed by atoms with Gasteiger partial charge in [0.25, 0.3) is 0 Å². The van der Waals surface area contributed by atoms with E-state index < -0.39 is 0 Å². The molecular formula is C12H22N2O2. The maximum Gasteiger partial charge on any atom is 0.246 e. The lowest BCUT2D eigenvalue weighted by Crippen LogP contribution is -2.38. The number of amides is 1. The monoisotopic (exact) mass is 226 g/mol. The van der Waals surface area contributed by atoms with Gasteiger partial charge in [0, 0.05) is 6.04 Å². The van der Waals surface area contributed by atoms with Gasteiger partial charge >= 0.3 is 0 Å². The predicted octanol–water partition coefficient (Wildman–Crippen LogP) is 0.814. The van der Waals surface area contributed by atoms with Gasteiger partial charge < -0.3 is 15.4 Å². The lowest BCUT2D eigenvalue weighted by molar-refractivity contribution is -0.128. The Bertz CT molecular complexity index is 221. The van der Waals surface area contributed by atoms with Gasteiger partial charge in [-0.1, -0.05) is 12.8 Å². The van der Waals surface area contributed by atoms with Crippen LogP contribution in [0, 0.1) is 0 Å². The summed E-state index contributed by atoms with van der Waals surface area (Å²) < 4.78 is 5.60. The molecule has 2 rings (SSSR count).